The van der Waals surface area contributed by atoms with Crippen molar-refractivity contribution in [1.29, 1.82) is 0 Å². The summed E-state index contributed by atoms with van der Waals surface area (Å²) >= 11 is 0. The third kappa shape index (κ3) is 3.31. The molecular weight excluding hydrogens is 401 g/mol. The van der Waals surface area contributed by atoms with Crippen LogP contribution in [0.15, 0.2) is 77.7 Å². The fraction of sp³-hybridized carbons (Fsp3) is 0.250. The minimum atomic E-state index is -0.283. The molecule has 6 rings (SSSR count). The van der Waals surface area contributed by atoms with Gasteiger partial charge in [0.15, 0.2) is 6.39 Å². The van der Waals surface area contributed by atoms with Crippen molar-refractivity contribution in [3.63, 3.8) is 0 Å². The summed E-state index contributed by atoms with van der Waals surface area (Å²) in [5.74, 6) is 2.05. The van der Waals surface area contributed by atoms with Crippen LogP contribution in [0.3, 0.4) is 0 Å². The van der Waals surface area contributed by atoms with Gasteiger partial charge in [-0.3, -0.25) is 0 Å². The Morgan fingerprint density at radius 1 is 0.969 bits per heavy atom. The Hall–Kier alpha value is -3.40. The highest BCUT2D eigenvalue weighted by atomic mass is 19.1. The molecule has 1 fully saturated rings. The van der Waals surface area contributed by atoms with Crippen LogP contribution in [0.1, 0.15) is 48.5 Å². The van der Waals surface area contributed by atoms with E-state index in [9.17, 15) is 0 Å². The van der Waals surface area contributed by atoms with E-state index in [1.54, 1.807) is 12.3 Å². The van der Waals surface area contributed by atoms with Crippen molar-refractivity contribution in [3.8, 4) is 28.1 Å². The molecule has 3 nitrogen and oxygen atoms in total. The van der Waals surface area contributed by atoms with Crippen LogP contribution in [0.2, 0.25) is 0 Å². The first-order chi connectivity index (χ1) is 15.7. The number of hydrogen-bond donors (Lipinski definition) is 0. The lowest BCUT2D eigenvalue weighted by Crippen LogP contribution is -2.06. The molecular formula is C28H24FNO2. The van der Waals surface area contributed by atoms with Gasteiger partial charge in [-0.05, 0) is 71.6 Å². The van der Waals surface area contributed by atoms with Gasteiger partial charge in [0.05, 0.1) is 0 Å². The zero-order valence-electron chi connectivity index (χ0n) is 17.9. The Bertz CT molecular complexity index is 1260. The van der Waals surface area contributed by atoms with Gasteiger partial charge in [-0.1, -0.05) is 49.4 Å². The van der Waals surface area contributed by atoms with Crippen LogP contribution in [-0.2, 0) is 6.42 Å². The summed E-state index contributed by atoms with van der Waals surface area (Å²) in [7, 11) is 0. The van der Waals surface area contributed by atoms with E-state index < -0.39 is 0 Å². The van der Waals surface area contributed by atoms with Crippen LogP contribution in [0.25, 0.3) is 22.4 Å². The Morgan fingerprint density at radius 2 is 1.75 bits per heavy atom. The average Bonchev–Trinajstić information content (AvgIpc) is 3.20. The second-order valence-electron chi connectivity index (χ2n) is 8.94. The Kier molecular flexibility index (Phi) is 4.60. The fourth-order valence-electron chi connectivity index (χ4n) is 5.07. The first-order valence-electron chi connectivity index (χ1n) is 11.2. The number of rotatable bonds is 5. The molecule has 0 amide bonds. The van der Waals surface area contributed by atoms with E-state index in [0.29, 0.717) is 11.5 Å². The van der Waals surface area contributed by atoms with Gasteiger partial charge in [0, 0.05) is 11.1 Å². The molecule has 0 aliphatic heterocycles. The Balaban J connectivity index is 1.34. The minimum absolute atomic E-state index is 0.200. The van der Waals surface area contributed by atoms with E-state index in [1.165, 1.54) is 18.4 Å². The van der Waals surface area contributed by atoms with E-state index in [4.69, 9.17) is 9.15 Å². The van der Waals surface area contributed by atoms with Crippen molar-refractivity contribution in [2.24, 2.45) is 5.92 Å². The second kappa shape index (κ2) is 7.63. The minimum Gasteiger partial charge on any atom is -0.486 e. The van der Waals surface area contributed by atoms with E-state index in [0.717, 1.165) is 52.5 Å². The smallest absolute Gasteiger partial charge is 0.181 e. The number of nitrogens with zero attached hydrogens (tertiary/aromatic N) is 1. The summed E-state index contributed by atoms with van der Waals surface area (Å²) in [6.45, 7) is 2.28. The zero-order valence-corrected chi connectivity index (χ0v) is 17.9. The van der Waals surface area contributed by atoms with Gasteiger partial charge in [-0.15, -0.1) is 0 Å². The predicted octanol–water partition coefficient (Wildman–Crippen LogP) is 7.34. The molecule has 3 atom stereocenters. The largest absolute Gasteiger partial charge is 0.486 e. The van der Waals surface area contributed by atoms with Crippen molar-refractivity contribution >= 4 is 0 Å². The van der Waals surface area contributed by atoms with Gasteiger partial charge >= 0.3 is 0 Å². The molecule has 2 aliphatic carbocycles. The molecule has 0 spiro atoms. The molecule has 3 aromatic carbocycles. The summed E-state index contributed by atoms with van der Waals surface area (Å²) in [6, 6.07) is 19.9. The lowest BCUT2D eigenvalue weighted by Gasteiger charge is -2.17. The molecule has 1 heterocycles. The van der Waals surface area contributed by atoms with Crippen molar-refractivity contribution < 1.29 is 13.5 Å². The number of oxazole rings is 1. The van der Waals surface area contributed by atoms with Gasteiger partial charge in [0.25, 0.3) is 0 Å². The number of fused-ring (bicyclic) bond motifs is 1. The molecule has 32 heavy (non-hydrogen) atoms. The molecule has 2 aliphatic rings. The van der Waals surface area contributed by atoms with Gasteiger partial charge in [-0.25, -0.2) is 9.37 Å². The average molecular weight is 426 g/mol. The molecule has 0 radical (unpaired) electrons. The molecule has 0 bridgehead atoms. The quantitative estimate of drug-likeness (QED) is 0.336. The third-order valence-corrected chi connectivity index (χ3v) is 6.90. The number of hydrogen-bond acceptors (Lipinski definition) is 3. The van der Waals surface area contributed by atoms with Gasteiger partial charge < -0.3 is 9.15 Å². The Morgan fingerprint density at radius 3 is 2.47 bits per heavy atom. The van der Waals surface area contributed by atoms with Crippen LogP contribution in [0, 0.1) is 11.7 Å². The molecule has 160 valence electrons. The molecule has 0 saturated heterocycles. The molecule has 4 aromatic rings. The zero-order chi connectivity index (χ0) is 21.7. The molecule has 1 saturated carbocycles. The summed E-state index contributed by atoms with van der Waals surface area (Å²) in [4.78, 5) is 4.32. The summed E-state index contributed by atoms with van der Waals surface area (Å²) in [6.07, 6.45) is 5.59. The second-order valence-corrected chi connectivity index (χ2v) is 8.94. The number of benzene rings is 3. The Labute approximate surface area is 186 Å². The van der Waals surface area contributed by atoms with Crippen LogP contribution in [-0.4, -0.2) is 4.98 Å². The first kappa shape index (κ1) is 19.3. The van der Waals surface area contributed by atoms with E-state index in [2.05, 4.69) is 30.1 Å². The van der Waals surface area contributed by atoms with Crippen LogP contribution in [0.4, 0.5) is 4.39 Å². The molecule has 4 heteroatoms. The van der Waals surface area contributed by atoms with E-state index in [-0.39, 0.29) is 11.9 Å². The van der Waals surface area contributed by atoms with Crippen LogP contribution < -0.4 is 4.74 Å². The van der Waals surface area contributed by atoms with E-state index in [1.807, 2.05) is 36.4 Å². The van der Waals surface area contributed by atoms with Crippen molar-refractivity contribution in [2.75, 3.05) is 0 Å². The normalized spacial score (nSPS) is 21.4. The van der Waals surface area contributed by atoms with Gasteiger partial charge in [-0.2, -0.15) is 0 Å². The summed E-state index contributed by atoms with van der Waals surface area (Å²) < 4.78 is 26.5. The predicted molar refractivity (Wildman–Crippen MR) is 122 cm³/mol. The maximum Gasteiger partial charge on any atom is 0.181 e. The molecule has 1 aromatic heterocycles. The first-order valence-corrected chi connectivity index (χ1v) is 11.2. The summed E-state index contributed by atoms with van der Waals surface area (Å²) in [5.41, 5.74) is 6.88. The lowest BCUT2D eigenvalue weighted by molar-refractivity contribution is 0.203. The molecule has 0 N–H and O–H groups in total. The maximum atomic E-state index is 15.0. The topological polar surface area (TPSA) is 35.3 Å². The van der Waals surface area contributed by atoms with Crippen molar-refractivity contribution in [1.82, 2.24) is 4.98 Å². The highest BCUT2D eigenvalue weighted by Crippen LogP contribution is 2.47. The number of ether oxygens (including phenoxy) is 1. The SMILES string of the molecule is CC1CC1c1ccc(OC2CCc3c(-c4ccccc4-c4cocn4)ccc(F)c32)cc1. The van der Waals surface area contributed by atoms with E-state index >= 15 is 4.39 Å². The highest BCUT2D eigenvalue weighted by molar-refractivity contribution is 5.84. The van der Waals surface area contributed by atoms with Gasteiger partial charge in [0.1, 0.15) is 29.6 Å². The number of halogens is 1. The standard InChI is InChI=1S/C28H24FNO2/c1-17-14-24(17)18-6-8-19(9-7-18)32-27-13-11-23-21(10-12-25(29)28(23)27)20-4-2-3-5-22(20)26-15-31-16-30-26/h2-10,12,15-17,24,27H,11,13-14H2,1H3. The van der Waals surface area contributed by atoms with Crippen molar-refractivity contribution in [3.05, 3.63) is 95.8 Å². The van der Waals surface area contributed by atoms with Gasteiger partial charge in [0.2, 0.25) is 0 Å². The third-order valence-electron chi connectivity index (χ3n) is 6.90. The fourth-order valence-corrected chi connectivity index (χ4v) is 5.07. The molecule has 3 unspecified atom stereocenters. The van der Waals surface area contributed by atoms with Crippen LogP contribution >= 0.6 is 0 Å². The summed E-state index contributed by atoms with van der Waals surface area (Å²) in [5, 5.41) is 0. The number of aromatic nitrogens is 1. The monoisotopic (exact) mass is 425 g/mol. The lowest BCUT2D eigenvalue weighted by atomic mass is 9.92. The van der Waals surface area contributed by atoms with Crippen LogP contribution in [0.5, 0.6) is 5.75 Å². The van der Waals surface area contributed by atoms with Crippen molar-refractivity contribution in [2.45, 2.75) is 38.2 Å². The maximum absolute atomic E-state index is 15.0. The highest BCUT2D eigenvalue weighted by Gasteiger charge is 2.34.